The van der Waals surface area contributed by atoms with Crippen molar-refractivity contribution in [2.45, 2.75) is 6.54 Å². The summed E-state index contributed by atoms with van der Waals surface area (Å²) in [7, 11) is 0. The van der Waals surface area contributed by atoms with Crippen molar-refractivity contribution in [2.75, 3.05) is 0 Å². The molecule has 2 heterocycles. The van der Waals surface area contributed by atoms with Gasteiger partial charge in [-0.05, 0) is 17.7 Å². The molecule has 0 saturated carbocycles. The number of rotatable bonds is 1. The van der Waals surface area contributed by atoms with Gasteiger partial charge in [-0.3, -0.25) is 0 Å². The van der Waals surface area contributed by atoms with Crippen LogP contribution in [0.5, 0.6) is 0 Å². The number of aromatic nitrogens is 3. The maximum atomic E-state index is 5.69. The second kappa shape index (κ2) is 3.03. The van der Waals surface area contributed by atoms with Gasteiger partial charge >= 0.3 is 0 Å². The molecule has 0 saturated heterocycles. The zero-order valence-electron chi connectivity index (χ0n) is 8.07. The topological polar surface area (TPSA) is 67.6 Å². The van der Waals surface area contributed by atoms with Crippen LogP contribution in [0.1, 0.15) is 5.56 Å². The Labute approximate surface area is 86.1 Å². The van der Waals surface area contributed by atoms with Gasteiger partial charge in [-0.15, -0.1) is 0 Å². The lowest BCUT2D eigenvalue weighted by Gasteiger charge is -1.99. The van der Waals surface area contributed by atoms with Gasteiger partial charge in [0.25, 0.3) is 0 Å². The summed E-state index contributed by atoms with van der Waals surface area (Å²) in [6, 6.07) is 4.00. The number of hydrogen-bond acceptors (Lipinski definition) is 3. The number of nitrogens with two attached hydrogens (primary N) is 1. The smallest absolute Gasteiger partial charge is 0.116 e. The van der Waals surface area contributed by atoms with Gasteiger partial charge in [0.1, 0.15) is 6.33 Å². The molecule has 0 aliphatic heterocycles. The Morgan fingerprint density at radius 2 is 2.27 bits per heavy atom. The van der Waals surface area contributed by atoms with Crippen molar-refractivity contribution in [1.29, 1.82) is 0 Å². The number of hydrogen-bond donors (Lipinski definition) is 2. The maximum Gasteiger partial charge on any atom is 0.116 e. The molecule has 0 atom stereocenters. The lowest BCUT2D eigenvalue weighted by molar-refractivity contribution is 1.08. The zero-order chi connectivity index (χ0) is 10.3. The Kier molecular flexibility index (Phi) is 1.69. The molecule has 0 fully saturated rings. The Morgan fingerprint density at radius 1 is 1.33 bits per heavy atom. The fourth-order valence-corrected chi connectivity index (χ4v) is 1.92. The lowest BCUT2D eigenvalue weighted by Crippen LogP contribution is -1.94. The minimum atomic E-state index is 0.522. The molecule has 3 aromatic rings. The van der Waals surface area contributed by atoms with Gasteiger partial charge < -0.3 is 10.7 Å². The molecule has 2 aromatic heterocycles. The first-order valence-electron chi connectivity index (χ1n) is 4.79. The number of fused-ring (bicyclic) bond motifs is 3. The van der Waals surface area contributed by atoms with Gasteiger partial charge in [0.15, 0.2) is 0 Å². The fourth-order valence-electron chi connectivity index (χ4n) is 1.92. The van der Waals surface area contributed by atoms with E-state index in [-0.39, 0.29) is 0 Å². The first-order valence-corrected chi connectivity index (χ1v) is 4.79. The van der Waals surface area contributed by atoms with E-state index < -0.39 is 0 Å². The van der Waals surface area contributed by atoms with Gasteiger partial charge in [-0.1, -0.05) is 0 Å². The molecule has 3 N–H and O–H groups in total. The molecule has 0 radical (unpaired) electrons. The van der Waals surface area contributed by atoms with Crippen molar-refractivity contribution in [2.24, 2.45) is 5.73 Å². The van der Waals surface area contributed by atoms with E-state index in [0.717, 1.165) is 27.4 Å². The minimum absolute atomic E-state index is 0.522. The van der Waals surface area contributed by atoms with Crippen LogP contribution in [0.4, 0.5) is 0 Å². The summed E-state index contributed by atoms with van der Waals surface area (Å²) < 4.78 is 0. The van der Waals surface area contributed by atoms with Crippen molar-refractivity contribution in [1.82, 2.24) is 15.0 Å². The highest BCUT2D eigenvalue weighted by molar-refractivity contribution is 6.06. The van der Waals surface area contributed by atoms with E-state index in [1.54, 1.807) is 6.33 Å². The molecule has 1 aromatic carbocycles. The Hall–Kier alpha value is -1.94. The molecular formula is C11H10N4. The molecule has 4 nitrogen and oxygen atoms in total. The lowest BCUT2D eigenvalue weighted by atomic mass is 10.1. The monoisotopic (exact) mass is 198 g/mol. The average Bonchev–Trinajstić information content (AvgIpc) is 2.72. The molecule has 0 bridgehead atoms. The number of nitrogens with zero attached hydrogens (tertiary/aromatic N) is 2. The number of H-pyrrole nitrogens is 1. The quantitative estimate of drug-likeness (QED) is 0.623. The van der Waals surface area contributed by atoms with Crippen LogP contribution in [0.2, 0.25) is 0 Å². The van der Waals surface area contributed by atoms with Crippen LogP contribution in [0.3, 0.4) is 0 Å². The second-order valence-electron chi connectivity index (χ2n) is 3.46. The van der Waals surface area contributed by atoms with Crippen molar-refractivity contribution in [3.8, 4) is 0 Å². The van der Waals surface area contributed by atoms with Crippen molar-refractivity contribution >= 4 is 21.8 Å². The first kappa shape index (κ1) is 8.38. The number of benzene rings is 1. The van der Waals surface area contributed by atoms with Crippen LogP contribution in [0.25, 0.3) is 21.8 Å². The van der Waals surface area contributed by atoms with Crippen LogP contribution in [0.15, 0.2) is 30.9 Å². The van der Waals surface area contributed by atoms with Crippen molar-refractivity contribution in [3.05, 3.63) is 36.4 Å². The molecule has 3 rings (SSSR count). The van der Waals surface area contributed by atoms with E-state index >= 15 is 0 Å². The van der Waals surface area contributed by atoms with E-state index in [9.17, 15) is 0 Å². The molecule has 0 aliphatic rings. The summed E-state index contributed by atoms with van der Waals surface area (Å²) in [5.41, 5.74) is 8.82. The normalized spacial score (nSPS) is 11.3. The van der Waals surface area contributed by atoms with E-state index in [1.165, 1.54) is 0 Å². The number of nitrogens with one attached hydrogen (secondary N) is 1. The predicted molar refractivity (Wildman–Crippen MR) is 59.3 cm³/mol. The highest BCUT2D eigenvalue weighted by Crippen LogP contribution is 2.25. The second-order valence-corrected chi connectivity index (χ2v) is 3.46. The van der Waals surface area contributed by atoms with Gasteiger partial charge in [0, 0.05) is 35.2 Å². The van der Waals surface area contributed by atoms with Gasteiger partial charge in [-0.25, -0.2) is 9.97 Å². The van der Waals surface area contributed by atoms with Gasteiger partial charge in [0.2, 0.25) is 0 Å². The Morgan fingerprint density at radius 3 is 3.13 bits per heavy atom. The Bertz CT molecular complexity index is 627. The summed E-state index contributed by atoms with van der Waals surface area (Å²) in [5, 5.41) is 2.19. The van der Waals surface area contributed by atoms with E-state index in [1.807, 2.05) is 24.5 Å². The van der Waals surface area contributed by atoms with Gasteiger partial charge in [0.05, 0.1) is 5.52 Å². The highest BCUT2D eigenvalue weighted by atomic mass is 14.8. The molecule has 0 spiro atoms. The fraction of sp³-hybridized carbons (Fsp3) is 0.0909. The van der Waals surface area contributed by atoms with E-state index in [0.29, 0.717) is 6.54 Å². The summed E-state index contributed by atoms with van der Waals surface area (Å²) in [6.07, 6.45) is 5.33. The zero-order valence-corrected chi connectivity index (χ0v) is 8.07. The third kappa shape index (κ3) is 1.12. The van der Waals surface area contributed by atoms with Crippen LogP contribution in [-0.2, 0) is 6.54 Å². The Balaban J connectivity index is 2.56. The van der Waals surface area contributed by atoms with Gasteiger partial charge in [-0.2, -0.15) is 0 Å². The summed E-state index contributed by atoms with van der Waals surface area (Å²) in [6.45, 7) is 0.522. The number of aromatic amines is 1. The van der Waals surface area contributed by atoms with E-state index in [2.05, 4.69) is 15.0 Å². The maximum absolute atomic E-state index is 5.69. The average molecular weight is 198 g/mol. The molecular weight excluding hydrogens is 188 g/mol. The predicted octanol–water partition coefficient (Wildman–Crippen LogP) is 1.57. The molecule has 4 heteroatoms. The molecule has 74 valence electrons. The molecule has 15 heavy (non-hydrogen) atoms. The van der Waals surface area contributed by atoms with Crippen molar-refractivity contribution < 1.29 is 0 Å². The molecule has 0 unspecified atom stereocenters. The van der Waals surface area contributed by atoms with Crippen LogP contribution in [-0.4, -0.2) is 15.0 Å². The SMILES string of the molecule is NCc1c[nH]c2ccc3ncncc3c12. The third-order valence-electron chi connectivity index (χ3n) is 2.63. The van der Waals surface area contributed by atoms with Crippen LogP contribution >= 0.6 is 0 Å². The van der Waals surface area contributed by atoms with Crippen molar-refractivity contribution in [3.63, 3.8) is 0 Å². The molecule has 0 aliphatic carbocycles. The summed E-state index contributed by atoms with van der Waals surface area (Å²) >= 11 is 0. The van der Waals surface area contributed by atoms with Crippen LogP contribution in [0, 0.1) is 0 Å². The van der Waals surface area contributed by atoms with E-state index in [4.69, 9.17) is 5.73 Å². The molecule has 0 amide bonds. The standard InChI is InChI=1S/C11H10N4/c12-3-7-4-14-10-2-1-9-8(11(7)10)5-13-6-15-9/h1-2,4-6,14H,3,12H2. The third-order valence-corrected chi connectivity index (χ3v) is 2.63. The van der Waals surface area contributed by atoms with Crippen LogP contribution < -0.4 is 5.73 Å². The minimum Gasteiger partial charge on any atom is -0.361 e. The summed E-state index contributed by atoms with van der Waals surface area (Å²) in [5.74, 6) is 0. The summed E-state index contributed by atoms with van der Waals surface area (Å²) in [4.78, 5) is 11.5. The highest BCUT2D eigenvalue weighted by Gasteiger charge is 2.06. The largest absolute Gasteiger partial charge is 0.361 e. The first-order chi connectivity index (χ1) is 7.40.